The molecule has 0 atom stereocenters. The highest BCUT2D eigenvalue weighted by atomic mass is 19.4. The van der Waals surface area contributed by atoms with Crippen LogP contribution in [0.4, 0.5) is 26.3 Å². The monoisotopic (exact) mass is 321 g/mol. The van der Waals surface area contributed by atoms with E-state index in [0.29, 0.717) is 6.54 Å². The number of likely N-dealkylation sites (tertiary alicyclic amines) is 1. The summed E-state index contributed by atoms with van der Waals surface area (Å²) >= 11 is 0. The number of hydrogen-bond donors (Lipinski definition) is 1. The number of rotatable bonds is 2. The summed E-state index contributed by atoms with van der Waals surface area (Å²) in [6.45, 7) is 6.67. The van der Waals surface area contributed by atoms with Crippen LogP contribution in [0.2, 0.25) is 0 Å². The number of halogens is 6. The van der Waals surface area contributed by atoms with E-state index in [9.17, 15) is 31.4 Å². The molecule has 0 unspecified atom stereocenters. The summed E-state index contributed by atoms with van der Waals surface area (Å²) in [5, 5.41) is 9.36. The van der Waals surface area contributed by atoms with Gasteiger partial charge in [0, 0.05) is 12.5 Å². The highest BCUT2D eigenvalue weighted by Crippen LogP contribution is 2.50. The van der Waals surface area contributed by atoms with Gasteiger partial charge in [-0.25, -0.2) is 0 Å². The highest BCUT2D eigenvalue weighted by Gasteiger charge is 2.73. The van der Waals surface area contributed by atoms with Crippen molar-refractivity contribution in [2.24, 2.45) is 11.3 Å². The van der Waals surface area contributed by atoms with Crippen molar-refractivity contribution in [2.45, 2.75) is 51.6 Å². The van der Waals surface area contributed by atoms with Crippen molar-refractivity contribution < 1.29 is 31.4 Å². The summed E-state index contributed by atoms with van der Waals surface area (Å²) in [4.78, 5) is 1.84. The maximum Gasteiger partial charge on any atom is 0.426 e. The molecule has 0 aromatic rings. The molecule has 0 aliphatic carbocycles. The Morgan fingerprint density at radius 2 is 1.29 bits per heavy atom. The van der Waals surface area contributed by atoms with Crippen LogP contribution in [-0.4, -0.2) is 47.6 Å². The van der Waals surface area contributed by atoms with Gasteiger partial charge in [-0.2, -0.15) is 26.3 Å². The third-order valence-corrected chi connectivity index (χ3v) is 3.74. The second kappa shape index (κ2) is 5.61. The van der Waals surface area contributed by atoms with Gasteiger partial charge in [0.05, 0.1) is 0 Å². The molecule has 0 saturated carbocycles. The lowest BCUT2D eigenvalue weighted by Gasteiger charge is -2.43. The Labute approximate surface area is 120 Å². The van der Waals surface area contributed by atoms with E-state index in [1.165, 1.54) is 0 Å². The summed E-state index contributed by atoms with van der Waals surface area (Å²) in [6, 6.07) is 0. The molecule has 21 heavy (non-hydrogen) atoms. The second-order valence-corrected chi connectivity index (χ2v) is 6.87. The van der Waals surface area contributed by atoms with Gasteiger partial charge >= 0.3 is 12.4 Å². The summed E-state index contributed by atoms with van der Waals surface area (Å²) in [5.41, 5.74) is -4.70. The summed E-state index contributed by atoms with van der Waals surface area (Å²) in [7, 11) is 0. The molecule has 1 N–H and O–H groups in total. The molecular formula is C13H21F6NO. The van der Waals surface area contributed by atoms with Gasteiger partial charge in [0.15, 0.2) is 0 Å². The topological polar surface area (TPSA) is 23.5 Å². The van der Waals surface area contributed by atoms with Gasteiger partial charge in [0.1, 0.15) is 0 Å². The molecule has 0 amide bonds. The van der Waals surface area contributed by atoms with Gasteiger partial charge in [-0.15, -0.1) is 0 Å². The van der Waals surface area contributed by atoms with Crippen LogP contribution in [0, 0.1) is 11.3 Å². The summed E-state index contributed by atoms with van der Waals surface area (Å²) in [6.07, 6.45) is -12.1. The number of alkyl halides is 6. The quantitative estimate of drug-likeness (QED) is 0.786. The highest BCUT2D eigenvalue weighted by molar-refractivity contribution is 5.01. The minimum atomic E-state index is -5.72. The molecule has 1 fully saturated rings. The molecule has 0 aromatic carbocycles. The first-order valence-corrected chi connectivity index (χ1v) is 6.76. The zero-order valence-electron chi connectivity index (χ0n) is 12.3. The van der Waals surface area contributed by atoms with Crippen molar-refractivity contribution in [2.75, 3.05) is 19.6 Å². The fourth-order valence-electron chi connectivity index (χ4n) is 2.80. The largest absolute Gasteiger partial charge is 0.426 e. The lowest BCUT2D eigenvalue weighted by atomic mass is 9.79. The number of aliphatic hydroxyl groups is 1. The maximum absolute atomic E-state index is 12.8. The van der Waals surface area contributed by atoms with Crippen molar-refractivity contribution >= 4 is 0 Å². The molecule has 1 rings (SSSR count). The molecular weight excluding hydrogens is 300 g/mol. The van der Waals surface area contributed by atoms with Gasteiger partial charge in [-0.05, 0) is 31.3 Å². The molecule has 1 saturated heterocycles. The van der Waals surface area contributed by atoms with Crippen LogP contribution in [0.3, 0.4) is 0 Å². The fourth-order valence-corrected chi connectivity index (χ4v) is 2.80. The van der Waals surface area contributed by atoms with Gasteiger partial charge in [-0.1, -0.05) is 20.8 Å². The Bertz CT molecular complexity index is 335. The van der Waals surface area contributed by atoms with Crippen LogP contribution < -0.4 is 0 Å². The Hall–Kier alpha value is -0.500. The van der Waals surface area contributed by atoms with Crippen LogP contribution in [0.25, 0.3) is 0 Å². The third kappa shape index (κ3) is 4.03. The molecule has 0 spiro atoms. The minimum Gasteiger partial charge on any atom is -0.373 e. The Morgan fingerprint density at radius 1 is 0.905 bits per heavy atom. The zero-order valence-corrected chi connectivity index (χ0v) is 12.3. The van der Waals surface area contributed by atoms with Crippen LogP contribution in [0.15, 0.2) is 0 Å². The van der Waals surface area contributed by atoms with Gasteiger partial charge < -0.3 is 10.0 Å². The molecule has 1 aliphatic heterocycles. The summed E-state index contributed by atoms with van der Waals surface area (Å²) in [5.74, 6) is -1.85. The van der Waals surface area contributed by atoms with E-state index in [-0.39, 0.29) is 31.3 Å². The van der Waals surface area contributed by atoms with E-state index in [0.717, 1.165) is 0 Å². The number of piperidine rings is 1. The van der Waals surface area contributed by atoms with Crippen LogP contribution in [0.5, 0.6) is 0 Å². The van der Waals surface area contributed by atoms with E-state index in [1.54, 1.807) is 0 Å². The van der Waals surface area contributed by atoms with Crippen molar-refractivity contribution in [3.8, 4) is 0 Å². The SMILES string of the molecule is CC(C)(C)CN1CCC(C(O)(C(F)(F)F)C(F)(F)F)CC1. The van der Waals surface area contributed by atoms with Crippen molar-refractivity contribution in [1.29, 1.82) is 0 Å². The Kier molecular flexibility index (Phi) is 4.95. The average Bonchev–Trinajstić information content (AvgIpc) is 2.23. The normalized spacial score (nSPS) is 20.9. The van der Waals surface area contributed by atoms with Gasteiger partial charge in [-0.3, -0.25) is 0 Å². The van der Waals surface area contributed by atoms with E-state index in [4.69, 9.17) is 0 Å². The standard InChI is InChI=1S/C13H21F6NO/c1-10(2,3)8-20-6-4-9(5-7-20)11(21,12(14,15)16)13(17,18)19/h9,21H,4-8H2,1-3H3. The molecule has 1 heterocycles. The van der Waals surface area contributed by atoms with E-state index in [2.05, 4.69) is 0 Å². The first-order valence-electron chi connectivity index (χ1n) is 6.76. The lowest BCUT2D eigenvalue weighted by molar-refractivity contribution is -0.387. The second-order valence-electron chi connectivity index (χ2n) is 6.87. The smallest absolute Gasteiger partial charge is 0.373 e. The Morgan fingerprint density at radius 3 is 1.57 bits per heavy atom. The van der Waals surface area contributed by atoms with Crippen LogP contribution in [-0.2, 0) is 0 Å². The van der Waals surface area contributed by atoms with Gasteiger partial charge in [0.25, 0.3) is 5.60 Å². The number of hydrogen-bond acceptors (Lipinski definition) is 2. The fraction of sp³-hybridized carbons (Fsp3) is 1.00. The molecule has 0 aromatic heterocycles. The zero-order chi connectivity index (χ0) is 16.7. The van der Waals surface area contributed by atoms with Crippen LogP contribution >= 0.6 is 0 Å². The molecule has 126 valence electrons. The van der Waals surface area contributed by atoms with E-state index >= 15 is 0 Å². The molecule has 0 radical (unpaired) electrons. The summed E-state index contributed by atoms with van der Waals surface area (Å²) < 4.78 is 76.6. The number of nitrogens with zero attached hydrogens (tertiary/aromatic N) is 1. The average molecular weight is 321 g/mol. The lowest BCUT2D eigenvalue weighted by Crippen LogP contribution is -2.63. The molecule has 1 aliphatic rings. The van der Waals surface area contributed by atoms with Gasteiger partial charge in [0.2, 0.25) is 0 Å². The van der Waals surface area contributed by atoms with Crippen LogP contribution in [0.1, 0.15) is 33.6 Å². The third-order valence-electron chi connectivity index (χ3n) is 3.74. The van der Waals surface area contributed by atoms with Crippen molar-refractivity contribution in [3.05, 3.63) is 0 Å². The van der Waals surface area contributed by atoms with Crippen molar-refractivity contribution in [1.82, 2.24) is 4.90 Å². The minimum absolute atomic E-state index is 0.0861. The molecule has 8 heteroatoms. The predicted octanol–water partition coefficient (Wildman–Crippen LogP) is 3.60. The van der Waals surface area contributed by atoms with E-state index < -0.39 is 23.9 Å². The first-order chi connectivity index (χ1) is 9.18. The molecule has 0 bridgehead atoms. The van der Waals surface area contributed by atoms with E-state index in [1.807, 2.05) is 25.7 Å². The van der Waals surface area contributed by atoms with Crippen molar-refractivity contribution in [3.63, 3.8) is 0 Å². The maximum atomic E-state index is 12.8. The first kappa shape index (κ1) is 18.5. The molecule has 2 nitrogen and oxygen atoms in total. The Balaban J connectivity index is 2.83. The predicted molar refractivity (Wildman–Crippen MR) is 65.7 cm³/mol.